The number of ether oxygens (including phenoxy) is 1. The number of methoxy groups -OCH3 is 1. The standard InChI is InChI=1S/C21H20N2O4S/c1-27-20-13-6-5-12-19(20)23-28(25,26)18-11-7-10-17(14-18)21(24)22-15-16-8-3-2-4-9-16/h2-14,23H,15H2,1H3,(H,22,24). The number of rotatable bonds is 7. The summed E-state index contributed by atoms with van der Waals surface area (Å²) in [6.45, 7) is 0.357. The van der Waals surface area contributed by atoms with Crippen LogP contribution in [0.15, 0.2) is 83.8 Å². The quantitative estimate of drug-likeness (QED) is 0.641. The summed E-state index contributed by atoms with van der Waals surface area (Å²) in [6.07, 6.45) is 0. The first-order chi connectivity index (χ1) is 13.5. The van der Waals surface area contributed by atoms with Crippen molar-refractivity contribution in [2.24, 2.45) is 0 Å². The third-order valence-corrected chi connectivity index (χ3v) is 5.42. The average molecular weight is 396 g/mol. The predicted molar refractivity (Wildman–Crippen MR) is 108 cm³/mol. The lowest BCUT2D eigenvalue weighted by molar-refractivity contribution is 0.0950. The van der Waals surface area contributed by atoms with Crippen LogP contribution in [0, 0.1) is 0 Å². The van der Waals surface area contributed by atoms with Crippen molar-refractivity contribution in [1.29, 1.82) is 0 Å². The van der Waals surface area contributed by atoms with Crippen LogP contribution in [0.1, 0.15) is 15.9 Å². The highest BCUT2D eigenvalue weighted by Gasteiger charge is 2.18. The summed E-state index contributed by atoms with van der Waals surface area (Å²) < 4.78 is 33.1. The van der Waals surface area contributed by atoms with E-state index in [9.17, 15) is 13.2 Å². The highest BCUT2D eigenvalue weighted by molar-refractivity contribution is 7.92. The van der Waals surface area contributed by atoms with E-state index in [0.717, 1.165) is 5.56 Å². The average Bonchev–Trinajstić information content (AvgIpc) is 2.73. The zero-order valence-corrected chi connectivity index (χ0v) is 16.1. The summed E-state index contributed by atoms with van der Waals surface area (Å²) in [5.41, 5.74) is 1.54. The lowest BCUT2D eigenvalue weighted by Gasteiger charge is -2.12. The molecule has 2 N–H and O–H groups in total. The fourth-order valence-electron chi connectivity index (χ4n) is 2.62. The molecule has 3 rings (SSSR count). The number of benzene rings is 3. The van der Waals surface area contributed by atoms with Gasteiger partial charge >= 0.3 is 0 Å². The van der Waals surface area contributed by atoms with E-state index >= 15 is 0 Å². The maximum absolute atomic E-state index is 12.7. The molecular formula is C21H20N2O4S. The van der Waals surface area contributed by atoms with E-state index < -0.39 is 10.0 Å². The second-order valence-corrected chi connectivity index (χ2v) is 7.68. The number of sulfonamides is 1. The van der Waals surface area contributed by atoms with Gasteiger partial charge in [-0.15, -0.1) is 0 Å². The summed E-state index contributed by atoms with van der Waals surface area (Å²) in [4.78, 5) is 12.4. The summed E-state index contributed by atoms with van der Waals surface area (Å²) in [6, 6.07) is 22.1. The van der Waals surface area contributed by atoms with Crippen LogP contribution >= 0.6 is 0 Å². The maximum Gasteiger partial charge on any atom is 0.262 e. The van der Waals surface area contributed by atoms with Gasteiger partial charge < -0.3 is 10.1 Å². The highest BCUT2D eigenvalue weighted by Crippen LogP contribution is 2.26. The van der Waals surface area contributed by atoms with Crippen LogP contribution in [0.4, 0.5) is 5.69 Å². The molecule has 0 heterocycles. The van der Waals surface area contributed by atoms with E-state index in [2.05, 4.69) is 10.0 Å². The van der Waals surface area contributed by atoms with Crippen LogP contribution in [-0.2, 0) is 16.6 Å². The number of hydrogen-bond acceptors (Lipinski definition) is 4. The fraction of sp³-hybridized carbons (Fsp3) is 0.0952. The molecule has 0 bridgehead atoms. The number of para-hydroxylation sites is 2. The van der Waals surface area contributed by atoms with Gasteiger partial charge in [-0.1, -0.05) is 48.5 Å². The van der Waals surface area contributed by atoms with E-state index in [1.807, 2.05) is 30.3 Å². The zero-order valence-electron chi connectivity index (χ0n) is 15.3. The SMILES string of the molecule is COc1ccccc1NS(=O)(=O)c1cccc(C(=O)NCc2ccccc2)c1. The Morgan fingerprint density at radius 2 is 1.64 bits per heavy atom. The number of hydrogen-bond donors (Lipinski definition) is 2. The Labute approximate surface area is 164 Å². The second-order valence-electron chi connectivity index (χ2n) is 6.00. The van der Waals surface area contributed by atoms with Crippen molar-refractivity contribution in [2.45, 2.75) is 11.4 Å². The lowest BCUT2D eigenvalue weighted by Crippen LogP contribution is -2.23. The lowest BCUT2D eigenvalue weighted by atomic mass is 10.2. The molecule has 28 heavy (non-hydrogen) atoms. The topological polar surface area (TPSA) is 84.5 Å². The van der Waals surface area contributed by atoms with Gasteiger partial charge in [-0.2, -0.15) is 0 Å². The molecule has 0 saturated heterocycles. The summed E-state index contributed by atoms with van der Waals surface area (Å²) >= 11 is 0. The molecule has 0 atom stereocenters. The molecule has 0 aliphatic heterocycles. The Kier molecular flexibility index (Phi) is 5.96. The van der Waals surface area contributed by atoms with Crippen LogP contribution in [-0.4, -0.2) is 21.4 Å². The largest absolute Gasteiger partial charge is 0.495 e. The molecule has 6 nitrogen and oxygen atoms in total. The van der Waals surface area contributed by atoms with Crippen LogP contribution in [0.5, 0.6) is 5.75 Å². The minimum absolute atomic E-state index is 0.00855. The van der Waals surface area contributed by atoms with E-state index in [-0.39, 0.29) is 16.4 Å². The van der Waals surface area contributed by atoms with Crippen LogP contribution in [0.2, 0.25) is 0 Å². The predicted octanol–water partition coefficient (Wildman–Crippen LogP) is 3.43. The van der Waals surface area contributed by atoms with Crippen molar-refractivity contribution in [3.8, 4) is 5.75 Å². The molecule has 3 aromatic rings. The van der Waals surface area contributed by atoms with E-state index in [1.165, 1.54) is 25.3 Å². The van der Waals surface area contributed by atoms with Crippen LogP contribution in [0.25, 0.3) is 0 Å². The van der Waals surface area contributed by atoms with Crippen molar-refractivity contribution >= 4 is 21.6 Å². The van der Waals surface area contributed by atoms with Gasteiger partial charge in [0.05, 0.1) is 17.7 Å². The second kappa shape index (κ2) is 8.58. The minimum Gasteiger partial charge on any atom is -0.495 e. The van der Waals surface area contributed by atoms with Crippen molar-refractivity contribution in [3.05, 3.63) is 90.0 Å². The Hall–Kier alpha value is -3.32. The van der Waals surface area contributed by atoms with E-state index in [4.69, 9.17) is 4.74 Å². The Morgan fingerprint density at radius 3 is 2.39 bits per heavy atom. The first-order valence-electron chi connectivity index (χ1n) is 8.57. The Balaban J connectivity index is 1.77. The molecule has 0 radical (unpaired) electrons. The van der Waals surface area contributed by atoms with Gasteiger partial charge in [-0.3, -0.25) is 9.52 Å². The summed E-state index contributed by atoms with van der Waals surface area (Å²) in [5, 5.41) is 2.79. The van der Waals surface area contributed by atoms with Crippen LogP contribution in [0.3, 0.4) is 0 Å². The van der Waals surface area contributed by atoms with Crippen molar-refractivity contribution in [3.63, 3.8) is 0 Å². The van der Waals surface area contributed by atoms with E-state index in [1.54, 1.807) is 30.3 Å². The monoisotopic (exact) mass is 396 g/mol. The molecule has 0 spiro atoms. The molecule has 0 aliphatic rings. The number of nitrogens with one attached hydrogen (secondary N) is 2. The summed E-state index contributed by atoms with van der Waals surface area (Å²) in [7, 11) is -2.42. The molecular weight excluding hydrogens is 376 g/mol. The summed E-state index contributed by atoms with van der Waals surface area (Å²) in [5.74, 6) is 0.0565. The van der Waals surface area contributed by atoms with Gasteiger partial charge in [0.15, 0.2) is 0 Å². The molecule has 0 saturated carbocycles. The molecule has 1 amide bonds. The molecule has 144 valence electrons. The van der Waals surface area contributed by atoms with E-state index in [0.29, 0.717) is 18.0 Å². The minimum atomic E-state index is -3.88. The van der Waals surface area contributed by atoms with Crippen molar-refractivity contribution in [2.75, 3.05) is 11.8 Å². The Bertz CT molecular complexity index is 1070. The molecule has 0 fully saturated rings. The van der Waals surface area contributed by atoms with Gasteiger partial charge in [0, 0.05) is 12.1 Å². The maximum atomic E-state index is 12.7. The normalized spacial score (nSPS) is 10.9. The van der Waals surface area contributed by atoms with Gasteiger partial charge in [0.1, 0.15) is 5.75 Å². The van der Waals surface area contributed by atoms with Gasteiger partial charge in [0.25, 0.3) is 15.9 Å². The van der Waals surface area contributed by atoms with Crippen molar-refractivity contribution < 1.29 is 17.9 Å². The number of carbonyl (C=O) groups excluding carboxylic acids is 1. The first-order valence-corrected chi connectivity index (χ1v) is 10.1. The number of amides is 1. The zero-order chi connectivity index (χ0) is 20.0. The third-order valence-electron chi connectivity index (χ3n) is 4.05. The van der Waals surface area contributed by atoms with Crippen LogP contribution < -0.4 is 14.8 Å². The first kappa shape index (κ1) is 19.4. The van der Waals surface area contributed by atoms with Gasteiger partial charge in [-0.05, 0) is 35.9 Å². The Morgan fingerprint density at radius 1 is 0.929 bits per heavy atom. The van der Waals surface area contributed by atoms with Gasteiger partial charge in [0.2, 0.25) is 0 Å². The molecule has 0 unspecified atom stereocenters. The molecule has 0 aromatic heterocycles. The number of anilines is 1. The fourth-order valence-corrected chi connectivity index (χ4v) is 3.73. The molecule has 0 aliphatic carbocycles. The van der Waals surface area contributed by atoms with Crippen molar-refractivity contribution in [1.82, 2.24) is 5.32 Å². The number of carbonyl (C=O) groups is 1. The molecule has 3 aromatic carbocycles. The molecule has 7 heteroatoms. The highest BCUT2D eigenvalue weighted by atomic mass is 32.2. The third kappa shape index (κ3) is 4.69. The smallest absolute Gasteiger partial charge is 0.262 e. The van der Waals surface area contributed by atoms with Gasteiger partial charge in [-0.25, -0.2) is 8.42 Å².